The molecule has 3 rings (SSSR count). The van der Waals surface area contributed by atoms with Gasteiger partial charge in [0.15, 0.2) is 4.77 Å². The van der Waals surface area contributed by atoms with Gasteiger partial charge >= 0.3 is 0 Å². The third-order valence-corrected chi connectivity index (χ3v) is 3.61. The summed E-state index contributed by atoms with van der Waals surface area (Å²) in [6.07, 6.45) is 0. The molecule has 0 atom stereocenters. The number of hydrogen-bond donors (Lipinski definition) is 1. The van der Waals surface area contributed by atoms with Crippen LogP contribution in [0.5, 0.6) is 0 Å². The normalized spacial score (nSPS) is 14.3. The molecular weight excluding hydrogens is 244 g/mol. The molecule has 2 aromatic rings. The van der Waals surface area contributed by atoms with Crippen molar-refractivity contribution in [1.29, 1.82) is 0 Å². The van der Waals surface area contributed by atoms with E-state index in [4.69, 9.17) is 12.2 Å². The summed E-state index contributed by atoms with van der Waals surface area (Å²) in [4.78, 5) is 2.26. The van der Waals surface area contributed by atoms with Crippen LogP contribution in [0.15, 0.2) is 24.3 Å². The van der Waals surface area contributed by atoms with Gasteiger partial charge in [0.25, 0.3) is 0 Å². The standard InChI is InChI=1S/C13H16N4S/c1-9(2)17-12(14-15-13(17)18)16-7-10-5-3-4-6-11(10)8-16/h3-6,9H,7-8H2,1-2H3,(H,15,18). The van der Waals surface area contributed by atoms with Crippen LogP contribution >= 0.6 is 12.2 Å². The van der Waals surface area contributed by atoms with Crippen molar-refractivity contribution >= 4 is 18.2 Å². The van der Waals surface area contributed by atoms with E-state index < -0.39 is 0 Å². The number of benzene rings is 1. The maximum absolute atomic E-state index is 5.29. The van der Waals surface area contributed by atoms with E-state index >= 15 is 0 Å². The highest BCUT2D eigenvalue weighted by Gasteiger charge is 2.23. The summed E-state index contributed by atoms with van der Waals surface area (Å²) in [5.41, 5.74) is 2.75. The van der Waals surface area contributed by atoms with E-state index in [1.807, 2.05) is 0 Å². The van der Waals surface area contributed by atoms with Gasteiger partial charge in [-0.15, -0.1) is 5.10 Å². The second-order valence-electron chi connectivity index (χ2n) is 4.92. The number of hydrogen-bond acceptors (Lipinski definition) is 3. The molecule has 0 unspecified atom stereocenters. The van der Waals surface area contributed by atoms with Gasteiger partial charge in [0, 0.05) is 19.1 Å². The average Bonchev–Trinajstić information content (AvgIpc) is 2.91. The van der Waals surface area contributed by atoms with Crippen LogP contribution in [0.1, 0.15) is 31.0 Å². The largest absolute Gasteiger partial charge is 0.332 e. The lowest BCUT2D eigenvalue weighted by Crippen LogP contribution is -2.20. The summed E-state index contributed by atoms with van der Waals surface area (Å²) in [6.45, 7) is 6.06. The van der Waals surface area contributed by atoms with Crippen molar-refractivity contribution in [3.05, 3.63) is 40.2 Å². The zero-order chi connectivity index (χ0) is 12.7. The highest BCUT2D eigenvalue weighted by molar-refractivity contribution is 7.71. The average molecular weight is 260 g/mol. The van der Waals surface area contributed by atoms with Crippen molar-refractivity contribution in [3.63, 3.8) is 0 Å². The summed E-state index contributed by atoms with van der Waals surface area (Å²) in [5.74, 6) is 0.936. The molecule has 5 heteroatoms. The van der Waals surface area contributed by atoms with Gasteiger partial charge in [0.2, 0.25) is 5.95 Å². The summed E-state index contributed by atoms with van der Waals surface area (Å²) in [6, 6.07) is 8.84. The summed E-state index contributed by atoms with van der Waals surface area (Å²) in [5, 5.41) is 7.27. The molecule has 1 N–H and O–H groups in total. The van der Waals surface area contributed by atoms with Crippen LogP contribution in [0.25, 0.3) is 0 Å². The zero-order valence-electron chi connectivity index (χ0n) is 10.6. The Bertz CT molecular complexity index is 601. The number of nitrogens with zero attached hydrogens (tertiary/aromatic N) is 3. The Morgan fingerprint density at radius 3 is 2.39 bits per heavy atom. The summed E-state index contributed by atoms with van der Waals surface area (Å²) in [7, 11) is 0. The second-order valence-corrected chi connectivity index (χ2v) is 5.30. The van der Waals surface area contributed by atoms with Gasteiger partial charge < -0.3 is 4.90 Å². The van der Waals surface area contributed by atoms with Crippen LogP contribution < -0.4 is 4.90 Å². The quantitative estimate of drug-likeness (QED) is 0.843. The predicted octanol–water partition coefficient (Wildman–Crippen LogP) is 3.04. The van der Waals surface area contributed by atoms with Crippen molar-refractivity contribution in [2.24, 2.45) is 0 Å². The Balaban J connectivity index is 1.98. The van der Waals surface area contributed by atoms with Gasteiger partial charge in [0.05, 0.1) is 0 Å². The molecule has 94 valence electrons. The predicted molar refractivity (Wildman–Crippen MR) is 74.1 cm³/mol. The number of fused-ring (bicyclic) bond motifs is 1. The van der Waals surface area contributed by atoms with Crippen molar-refractivity contribution in [2.45, 2.75) is 33.0 Å². The lowest BCUT2D eigenvalue weighted by atomic mass is 10.1. The van der Waals surface area contributed by atoms with Crippen LogP contribution in [0.3, 0.4) is 0 Å². The molecule has 1 aliphatic rings. The maximum atomic E-state index is 5.29. The first-order valence-electron chi connectivity index (χ1n) is 6.15. The van der Waals surface area contributed by atoms with E-state index in [-0.39, 0.29) is 0 Å². The maximum Gasteiger partial charge on any atom is 0.226 e. The molecule has 4 nitrogen and oxygen atoms in total. The van der Waals surface area contributed by atoms with E-state index in [1.54, 1.807) is 0 Å². The van der Waals surface area contributed by atoms with Crippen LogP contribution in [0, 0.1) is 4.77 Å². The van der Waals surface area contributed by atoms with Gasteiger partial charge in [-0.05, 0) is 37.2 Å². The van der Waals surface area contributed by atoms with Crippen molar-refractivity contribution < 1.29 is 0 Å². The molecule has 1 aromatic heterocycles. The van der Waals surface area contributed by atoms with Gasteiger partial charge in [0.1, 0.15) is 0 Å². The van der Waals surface area contributed by atoms with Gasteiger partial charge in [-0.25, -0.2) is 5.10 Å². The Morgan fingerprint density at radius 2 is 1.83 bits per heavy atom. The number of aromatic amines is 1. The van der Waals surface area contributed by atoms with E-state index in [1.165, 1.54) is 11.1 Å². The molecule has 0 fully saturated rings. The van der Waals surface area contributed by atoms with E-state index in [0.29, 0.717) is 10.8 Å². The summed E-state index contributed by atoms with van der Waals surface area (Å²) < 4.78 is 2.76. The van der Waals surface area contributed by atoms with E-state index in [9.17, 15) is 0 Å². The molecule has 1 aromatic carbocycles. The highest BCUT2D eigenvalue weighted by atomic mass is 32.1. The van der Waals surface area contributed by atoms with Crippen LogP contribution in [0.4, 0.5) is 5.95 Å². The Kier molecular flexibility index (Phi) is 2.70. The minimum atomic E-state index is 0.315. The Labute approximate surface area is 111 Å². The number of H-pyrrole nitrogens is 1. The van der Waals surface area contributed by atoms with Crippen molar-refractivity contribution in [2.75, 3.05) is 4.90 Å². The SMILES string of the molecule is CC(C)n1c(N2Cc3ccccc3C2)n[nH]c1=S. The second kappa shape index (κ2) is 4.24. The fourth-order valence-corrected chi connectivity index (χ4v) is 2.80. The topological polar surface area (TPSA) is 36.9 Å². The van der Waals surface area contributed by atoms with Crippen molar-refractivity contribution in [1.82, 2.24) is 14.8 Å². The molecule has 0 amide bonds. The van der Waals surface area contributed by atoms with Crippen molar-refractivity contribution in [3.8, 4) is 0 Å². The first-order valence-corrected chi connectivity index (χ1v) is 6.56. The number of anilines is 1. The van der Waals surface area contributed by atoms with Gasteiger partial charge in [-0.3, -0.25) is 4.57 Å². The minimum Gasteiger partial charge on any atom is -0.332 e. The fourth-order valence-electron chi connectivity index (χ4n) is 2.46. The monoisotopic (exact) mass is 260 g/mol. The third kappa shape index (κ3) is 1.75. The molecule has 0 bridgehead atoms. The highest BCUT2D eigenvalue weighted by Crippen LogP contribution is 2.28. The van der Waals surface area contributed by atoms with Crippen LogP contribution in [-0.2, 0) is 13.1 Å². The molecule has 0 spiro atoms. The third-order valence-electron chi connectivity index (χ3n) is 3.33. The lowest BCUT2D eigenvalue weighted by molar-refractivity contribution is 0.579. The first-order chi connectivity index (χ1) is 8.66. The summed E-state index contributed by atoms with van der Waals surface area (Å²) >= 11 is 5.29. The van der Waals surface area contributed by atoms with Crippen LogP contribution in [0.2, 0.25) is 0 Å². The molecule has 0 aliphatic carbocycles. The minimum absolute atomic E-state index is 0.315. The lowest BCUT2D eigenvalue weighted by Gasteiger charge is -2.19. The molecular formula is C13H16N4S. The molecule has 18 heavy (non-hydrogen) atoms. The Hall–Kier alpha value is -1.62. The number of rotatable bonds is 2. The Morgan fingerprint density at radius 1 is 1.22 bits per heavy atom. The molecule has 2 heterocycles. The molecule has 0 saturated carbocycles. The van der Waals surface area contributed by atoms with Crippen LogP contribution in [-0.4, -0.2) is 14.8 Å². The van der Waals surface area contributed by atoms with E-state index in [0.717, 1.165) is 19.0 Å². The first kappa shape index (κ1) is 11.5. The number of nitrogens with one attached hydrogen (secondary N) is 1. The van der Waals surface area contributed by atoms with E-state index in [2.05, 4.69) is 57.8 Å². The molecule has 0 saturated heterocycles. The molecule has 1 aliphatic heterocycles. The zero-order valence-corrected chi connectivity index (χ0v) is 11.4. The van der Waals surface area contributed by atoms with Gasteiger partial charge in [-0.1, -0.05) is 24.3 Å². The smallest absolute Gasteiger partial charge is 0.226 e. The fraction of sp³-hybridized carbons (Fsp3) is 0.385. The number of aromatic nitrogens is 3. The molecule has 0 radical (unpaired) electrons. The van der Waals surface area contributed by atoms with Gasteiger partial charge in [-0.2, -0.15) is 0 Å².